The predicted octanol–water partition coefficient (Wildman–Crippen LogP) is 1.31. The minimum Gasteiger partial charge on any atom is -0.497 e. The maximum Gasteiger partial charge on any atom is 0.228 e. The molecule has 0 spiro atoms. The van der Waals surface area contributed by atoms with Gasteiger partial charge in [-0.05, 0) is 37.0 Å². The van der Waals surface area contributed by atoms with Crippen LogP contribution in [0.5, 0.6) is 5.75 Å². The molecular formula is C22H29N3O4. The molecule has 1 unspecified atom stereocenters. The number of hydrogen-bond donors (Lipinski definition) is 0. The van der Waals surface area contributed by atoms with Crippen molar-refractivity contribution in [2.24, 2.45) is 5.92 Å². The molecule has 3 amide bonds. The molecule has 4 rings (SSSR count). The van der Waals surface area contributed by atoms with Gasteiger partial charge in [-0.3, -0.25) is 14.4 Å². The largest absolute Gasteiger partial charge is 0.497 e. The number of ether oxygens (including phenoxy) is 1. The van der Waals surface area contributed by atoms with Gasteiger partial charge < -0.3 is 19.4 Å². The van der Waals surface area contributed by atoms with Gasteiger partial charge in [-0.25, -0.2) is 0 Å². The van der Waals surface area contributed by atoms with E-state index in [1.165, 1.54) is 0 Å². The molecule has 1 aliphatic carbocycles. The topological polar surface area (TPSA) is 70.2 Å². The SMILES string of the molecule is COc1ccc(CCC(=O)N2CCN(C(=O)C3CC(=O)N(C4CC4)C3)CC2)cc1. The summed E-state index contributed by atoms with van der Waals surface area (Å²) in [5.74, 6) is 0.930. The third-order valence-corrected chi connectivity index (χ3v) is 6.23. The molecule has 0 N–H and O–H groups in total. The van der Waals surface area contributed by atoms with Gasteiger partial charge in [-0.15, -0.1) is 0 Å². The Labute approximate surface area is 171 Å². The first-order valence-electron chi connectivity index (χ1n) is 10.5. The molecule has 0 radical (unpaired) electrons. The summed E-state index contributed by atoms with van der Waals surface area (Å²) < 4.78 is 5.15. The summed E-state index contributed by atoms with van der Waals surface area (Å²) in [6, 6.07) is 8.15. The number of carbonyl (C=O) groups excluding carboxylic acids is 3. The van der Waals surface area contributed by atoms with Crippen molar-refractivity contribution in [1.82, 2.24) is 14.7 Å². The molecule has 2 saturated heterocycles. The Morgan fingerprint density at radius 1 is 1.03 bits per heavy atom. The second-order valence-corrected chi connectivity index (χ2v) is 8.23. The van der Waals surface area contributed by atoms with Crippen LogP contribution in [0.1, 0.15) is 31.2 Å². The quantitative estimate of drug-likeness (QED) is 0.723. The number of aryl methyl sites for hydroxylation is 1. The lowest BCUT2D eigenvalue weighted by Gasteiger charge is -2.36. The zero-order valence-corrected chi connectivity index (χ0v) is 17.0. The highest BCUT2D eigenvalue weighted by molar-refractivity contribution is 5.89. The molecular weight excluding hydrogens is 370 g/mol. The highest BCUT2D eigenvalue weighted by Crippen LogP contribution is 2.33. The van der Waals surface area contributed by atoms with Gasteiger partial charge >= 0.3 is 0 Å². The minimum absolute atomic E-state index is 0.0758. The van der Waals surface area contributed by atoms with E-state index in [2.05, 4.69) is 0 Å². The summed E-state index contributed by atoms with van der Waals surface area (Å²) in [7, 11) is 1.64. The van der Waals surface area contributed by atoms with E-state index < -0.39 is 0 Å². The number of benzene rings is 1. The molecule has 7 heteroatoms. The Morgan fingerprint density at radius 2 is 1.69 bits per heavy atom. The van der Waals surface area contributed by atoms with Crippen LogP contribution in [-0.2, 0) is 20.8 Å². The zero-order chi connectivity index (χ0) is 20.4. The van der Waals surface area contributed by atoms with E-state index in [1.54, 1.807) is 7.11 Å². The molecule has 3 fully saturated rings. The van der Waals surface area contributed by atoms with Crippen LogP contribution in [0.25, 0.3) is 0 Å². The second-order valence-electron chi connectivity index (χ2n) is 8.23. The Kier molecular flexibility index (Phi) is 5.74. The van der Waals surface area contributed by atoms with E-state index in [-0.39, 0.29) is 23.6 Å². The zero-order valence-electron chi connectivity index (χ0n) is 17.0. The predicted molar refractivity (Wildman–Crippen MR) is 107 cm³/mol. The van der Waals surface area contributed by atoms with Gasteiger partial charge in [0.05, 0.1) is 13.0 Å². The molecule has 29 heavy (non-hydrogen) atoms. The van der Waals surface area contributed by atoms with Gasteiger partial charge in [-0.1, -0.05) is 12.1 Å². The molecule has 2 aliphatic heterocycles. The van der Waals surface area contributed by atoms with E-state index in [1.807, 2.05) is 39.0 Å². The molecule has 1 aromatic rings. The Balaban J connectivity index is 1.21. The monoisotopic (exact) mass is 399 g/mol. The van der Waals surface area contributed by atoms with Crippen LogP contribution in [0.4, 0.5) is 0 Å². The van der Waals surface area contributed by atoms with Crippen molar-refractivity contribution in [2.75, 3.05) is 39.8 Å². The number of carbonyl (C=O) groups is 3. The van der Waals surface area contributed by atoms with Crippen LogP contribution in [0, 0.1) is 5.92 Å². The average molecular weight is 399 g/mol. The number of likely N-dealkylation sites (tertiary alicyclic amines) is 1. The van der Waals surface area contributed by atoms with E-state index in [4.69, 9.17) is 4.74 Å². The van der Waals surface area contributed by atoms with Crippen molar-refractivity contribution in [2.45, 2.75) is 38.1 Å². The molecule has 0 bridgehead atoms. The number of amides is 3. The number of rotatable bonds is 6. The fraction of sp³-hybridized carbons (Fsp3) is 0.591. The van der Waals surface area contributed by atoms with Crippen LogP contribution in [0.15, 0.2) is 24.3 Å². The standard InChI is InChI=1S/C22H29N3O4/c1-29-19-7-2-16(3-8-19)4-9-20(26)23-10-12-24(13-11-23)22(28)17-14-21(27)25(15-17)18-5-6-18/h2-3,7-8,17-18H,4-6,9-15H2,1H3. The van der Waals surface area contributed by atoms with Crippen LogP contribution in [0.2, 0.25) is 0 Å². The lowest BCUT2D eigenvalue weighted by atomic mass is 10.1. The molecule has 7 nitrogen and oxygen atoms in total. The average Bonchev–Trinajstić information content (AvgIpc) is 3.53. The molecule has 2 heterocycles. The Hall–Kier alpha value is -2.57. The van der Waals surface area contributed by atoms with Crippen LogP contribution >= 0.6 is 0 Å². The van der Waals surface area contributed by atoms with Crippen molar-refractivity contribution in [1.29, 1.82) is 0 Å². The summed E-state index contributed by atoms with van der Waals surface area (Å²) in [5.41, 5.74) is 1.11. The van der Waals surface area contributed by atoms with Crippen molar-refractivity contribution < 1.29 is 19.1 Å². The van der Waals surface area contributed by atoms with E-state index >= 15 is 0 Å². The lowest BCUT2D eigenvalue weighted by Crippen LogP contribution is -2.52. The number of hydrogen-bond acceptors (Lipinski definition) is 4. The van der Waals surface area contributed by atoms with Crippen LogP contribution in [0.3, 0.4) is 0 Å². The fourth-order valence-electron chi connectivity index (χ4n) is 4.27. The summed E-state index contributed by atoms with van der Waals surface area (Å²) in [4.78, 5) is 43.0. The molecule has 156 valence electrons. The van der Waals surface area contributed by atoms with Gasteiger partial charge in [0.25, 0.3) is 0 Å². The second kappa shape index (κ2) is 8.43. The van der Waals surface area contributed by atoms with Crippen molar-refractivity contribution in [3.63, 3.8) is 0 Å². The van der Waals surface area contributed by atoms with E-state index in [0.29, 0.717) is 58.0 Å². The van der Waals surface area contributed by atoms with Crippen molar-refractivity contribution in [3.8, 4) is 5.75 Å². The van der Waals surface area contributed by atoms with E-state index in [0.717, 1.165) is 24.2 Å². The van der Waals surface area contributed by atoms with Crippen LogP contribution < -0.4 is 4.74 Å². The molecule has 3 aliphatic rings. The molecule has 1 aromatic carbocycles. The van der Waals surface area contributed by atoms with Crippen molar-refractivity contribution in [3.05, 3.63) is 29.8 Å². The minimum atomic E-state index is -0.208. The first-order valence-corrected chi connectivity index (χ1v) is 10.5. The summed E-state index contributed by atoms with van der Waals surface area (Å²) in [6.45, 7) is 2.83. The normalized spacial score (nSPS) is 22.2. The number of piperazine rings is 1. The third kappa shape index (κ3) is 4.54. The number of nitrogens with zero attached hydrogens (tertiary/aromatic N) is 3. The molecule has 1 saturated carbocycles. The summed E-state index contributed by atoms with van der Waals surface area (Å²) in [6.07, 6.45) is 3.65. The number of methoxy groups -OCH3 is 1. The lowest BCUT2D eigenvalue weighted by molar-refractivity contribution is -0.142. The Morgan fingerprint density at radius 3 is 2.31 bits per heavy atom. The Bertz CT molecular complexity index is 767. The van der Waals surface area contributed by atoms with Gasteiger partial charge in [-0.2, -0.15) is 0 Å². The van der Waals surface area contributed by atoms with Gasteiger partial charge in [0.15, 0.2) is 0 Å². The first kappa shape index (κ1) is 19.7. The summed E-state index contributed by atoms with van der Waals surface area (Å²) in [5, 5.41) is 0. The van der Waals surface area contributed by atoms with Gasteiger partial charge in [0.2, 0.25) is 17.7 Å². The maximum absolute atomic E-state index is 12.8. The maximum atomic E-state index is 12.8. The molecule has 0 aromatic heterocycles. The third-order valence-electron chi connectivity index (χ3n) is 6.23. The van der Waals surface area contributed by atoms with Gasteiger partial charge in [0.1, 0.15) is 5.75 Å². The summed E-state index contributed by atoms with van der Waals surface area (Å²) >= 11 is 0. The highest BCUT2D eigenvalue weighted by Gasteiger charge is 2.43. The van der Waals surface area contributed by atoms with E-state index in [9.17, 15) is 14.4 Å². The first-order chi connectivity index (χ1) is 14.0. The van der Waals surface area contributed by atoms with Crippen molar-refractivity contribution >= 4 is 17.7 Å². The van der Waals surface area contributed by atoms with Gasteiger partial charge in [0, 0.05) is 51.6 Å². The smallest absolute Gasteiger partial charge is 0.228 e. The highest BCUT2D eigenvalue weighted by atomic mass is 16.5. The molecule has 1 atom stereocenters. The fourth-order valence-corrected chi connectivity index (χ4v) is 4.27. The van der Waals surface area contributed by atoms with Crippen LogP contribution in [-0.4, -0.2) is 78.3 Å².